The summed E-state index contributed by atoms with van der Waals surface area (Å²) in [5.74, 6) is -1.40. The van der Waals surface area contributed by atoms with E-state index in [1.807, 2.05) is 13.0 Å². The van der Waals surface area contributed by atoms with Gasteiger partial charge in [-0.2, -0.15) is 0 Å². The van der Waals surface area contributed by atoms with Crippen LogP contribution in [0.25, 0.3) is 0 Å². The van der Waals surface area contributed by atoms with Crippen molar-refractivity contribution in [3.63, 3.8) is 0 Å². The third-order valence-electron chi connectivity index (χ3n) is 3.71. The first kappa shape index (κ1) is 13.6. The van der Waals surface area contributed by atoms with Crippen molar-refractivity contribution in [3.05, 3.63) is 35.5 Å². The number of carboxylic acids is 1. The largest absolute Gasteiger partial charge is 0.478 e. The lowest BCUT2D eigenvalue weighted by atomic mass is 9.89. The molecule has 2 rings (SSSR count). The molecule has 0 unspecified atom stereocenters. The molecule has 0 bridgehead atoms. The van der Waals surface area contributed by atoms with E-state index in [-0.39, 0.29) is 18.0 Å². The van der Waals surface area contributed by atoms with Gasteiger partial charge in [-0.25, -0.2) is 9.59 Å². The number of hydrogen-bond acceptors (Lipinski definition) is 3. The lowest BCUT2D eigenvalue weighted by Gasteiger charge is -2.16. The molecule has 1 N–H and O–H groups in total. The van der Waals surface area contributed by atoms with Crippen molar-refractivity contribution in [2.24, 2.45) is 5.92 Å². The minimum Gasteiger partial charge on any atom is -0.478 e. The molecule has 4 nitrogen and oxygen atoms in total. The number of carbonyl (C=O) groups is 2. The summed E-state index contributed by atoms with van der Waals surface area (Å²) in [7, 11) is 0. The fraction of sp³-hybridized carbons (Fsp3) is 0.467. The van der Waals surface area contributed by atoms with Gasteiger partial charge in [0, 0.05) is 17.1 Å². The maximum Gasteiger partial charge on any atom is 0.334 e. The fourth-order valence-corrected chi connectivity index (χ4v) is 2.54. The summed E-state index contributed by atoms with van der Waals surface area (Å²) in [6.07, 6.45) is 6.04. The van der Waals surface area contributed by atoms with Crippen LogP contribution in [0.5, 0.6) is 0 Å². The van der Waals surface area contributed by atoms with Crippen molar-refractivity contribution in [3.8, 4) is 0 Å². The molecule has 2 atom stereocenters. The van der Waals surface area contributed by atoms with Crippen LogP contribution in [0.1, 0.15) is 32.6 Å². The van der Waals surface area contributed by atoms with Gasteiger partial charge in [0.15, 0.2) is 0 Å². The fourth-order valence-electron chi connectivity index (χ4n) is 2.54. The number of allylic oxidation sites excluding steroid dienone is 2. The molecule has 0 aromatic carbocycles. The van der Waals surface area contributed by atoms with Crippen LogP contribution in [0.15, 0.2) is 35.5 Å². The molecule has 1 saturated heterocycles. The number of carbonyl (C=O) groups excluding carboxylic acids is 1. The first-order chi connectivity index (χ1) is 8.99. The van der Waals surface area contributed by atoms with Crippen LogP contribution in [-0.2, 0) is 14.3 Å². The SMILES string of the molecule is C=C1C(=O)O[C@H]2/C=C(/C)CCC/C(C(=O)O)=C\C[C@H]12. The van der Waals surface area contributed by atoms with Gasteiger partial charge in [-0.05, 0) is 38.7 Å². The zero-order chi connectivity index (χ0) is 14.0. The summed E-state index contributed by atoms with van der Waals surface area (Å²) in [5.41, 5.74) is 1.99. The van der Waals surface area contributed by atoms with Gasteiger partial charge in [0.2, 0.25) is 0 Å². The highest BCUT2D eigenvalue weighted by Gasteiger charge is 2.36. The number of esters is 1. The molecule has 0 spiro atoms. The Morgan fingerprint density at radius 3 is 2.89 bits per heavy atom. The van der Waals surface area contributed by atoms with Gasteiger partial charge in [-0.15, -0.1) is 0 Å². The van der Waals surface area contributed by atoms with Crippen molar-refractivity contribution >= 4 is 11.9 Å². The number of fused-ring (bicyclic) bond motifs is 1. The third-order valence-corrected chi connectivity index (χ3v) is 3.71. The number of hydrogen-bond donors (Lipinski definition) is 1. The van der Waals surface area contributed by atoms with Gasteiger partial charge in [-0.1, -0.05) is 18.2 Å². The Hall–Kier alpha value is -1.84. The maximum atomic E-state index is 11.6. The Labute approximate surface area is 112 Å². The molecule has 19 heavy (non-hydrogen) atoms. The van der Waals surface area contributed by atoms with Crippen LogP contribution in [-0.4, -0.2) is 23.1 Å². The van der Waals surface area contributed by atoms with E-state index in [0.717, 1.165) is 18.4 Å². The van der Waals surface area contributed by atoms with E-state index in [9.17, 15) is 9.59 Å². The van der Waals surface area contributed by atoms with E-state index >= 15 is 0 Å². The predicted molar refractivity (Wildman–Crippen MR) is 70.5 cm³/mol. The van der Waals surface area contributed by atoms with Crippen molar-refractivity contribution in [2.45, 2.75) is 38.7 Å². The lowest BCUT2D eigenvalue weighted by Crippen LogP contribution is -2.15. The third kappa shape index (κ3) is 2.95. The van der Waals surface area contributed by atoms with Crippen LogP contribution in [0.2, 0.25) is 0 Å². The lowest BCUT2D eigenvalue weighted by molar-refractivity contribution is -0.137. The van der Waals surface area contributed by atoms with Gasteiger partial charge in [0.1, 0.15) is 6.10 Å². The first-order valence-electron chi connectivity index (χ1n) is 6.48. The summed E-state index contributed by atoms with van der Waals surface area (Å²) in [6.45, 7) is 5.74. The predicted octanol–water partition coefficient (Wildman–Crippen LogP) is 2.62. The topological polar surface area (TPSA) is 63.6 Å². The maximum absolute atomic E-state index is 11.6. The van der Waals surface area contributed by atoms with E-state index in [2.05, 4.69) is 6.58 Å². The Kier molecular flexibility index (Phi) is 3.88. The zero-order valence-corrected chi connectivity index (χ0v) is 11.0. The molecule has 0 saturated carbocycles. The number of aliphatic carboxylic acids is 1. The zero-order valence-electron chi connectivity index (χ0n) is 11.0. The Bertz CT molecular complexity index is 484. The van der Waals surface area contributed by atoms with Crippen molar-refractivity contribution in [1.82, 2.24) is 0 Å². The summed E-state index contributed by atoms with van der Waals surface area (Å²) in [5, 5.41) is 9.14. The second-order valence-electron chi connectivity index (χ2n) is 5.14. The standard InChI is InChI=1S/C15H18O4/c1-9-4-3-5-11(14(16)17)6-7-12-10(2)15(18)19-13(12)8-9/h6,8,12-13H,2-5,7H2,1H3,(H,16,17)/b9-8-,11-6+/t12-,13+/m1/s1. The van der Waals surface area contributed by atoms with E-state index in [1.165, 1.54) is 0 Å². The van der Waals surface area contributed by atoms with Crippen molar-refractivity contribution in [2.75, 3.05) is 0 Å². The van der Waals surface area contributed by atoms with Crippen LogP contribution < -0.4 is 0 Å². The highest BCUT2D eigenvalue weighted by molar-refractivity contribution is 5.91. The van der Waals surface area contributed by atoms with Crippen LogP contribution >= 0.6 is 0 Å². The smallest absolute Gasteiger partial charge is 0.334 e. The average molecular weight is 262 g/mol. The molecule has 1 fully saturated rings. The number of carboxylic acid groups (broad SMARTS) is 1. The summed E-state index contributed by atoms with van der Waals surface area (Å²) in [6, 6.07) is 0. The van der Waals surface area contributed by atoms with Gasteiger partial charge in [-0.3, -0.25) is 0 Å². The normalized spacial score (nSPS) is 33.5. The van der Waals surface area contributed by atoms with E-state index in [1.54, 1.807) is 6.08 Å². The van der Waals surface area contributed by atoms with E-state index in [0.29, 0.717) is 24.0 Å². The first-order valence-corrected chi connectivity index (χ1v) is 6.48. The second kappa shape index (κ2) is 5.43. The molecule has 0 amide bonds. The van der Waals surface area contributed by atoms with E-state index in [4.69, 9.17) is 9.84 Å². The molecule has 1 aliphatic heterocycles. The van der Waals surface area contributed by atoms with Crippen LogP contribution in [0.4, 0.5) is 0 Å². The molecule has 2 aliphatic rings. The molecule has 1 aliphatic carbocycles. The Morgan fingerprint density at radius 1 is 1.47 bits per heavy atom. The Balaban J connectivity index is 2.29. The molecule has 1 heterocycles. The number of ether oxygens (including phenoxy) is 1. The summed E-state index contributed by atoms with van der Waals surface area (Å²) >= 11 is 0. The van der Waals surface area contributed by atoms with Crippen LogP contribution in [0.3, 0.4) is 0 Å². The Morgan fingerprint density at radius 2 is 2.21 bits per heavy atom. The highest BCUT2D eigenvalue weighted by Crippen LogP contribution is 2.33. The molecular weight excluding hydrogens is 244 g/mol. The molecular formula is C15H18O4. The van der Waals surface area contributed by atoms with E-state index < -0.39 is 5.97 Å². The second-order valence-corrected chi connectivity index (χ2v) is 5.14. The minimum absolute atomic E-state index is 0.144. The monoisotopic (exact) mass is 262 g/mol. The molecule has 0 aromatic heterocycles. The highest BCUT2D eigenvalue weighted by atomic mass is 16.5. The molecule has 0 aromatic rings. The minimum atomic E-state index is -0.880. The molecule has 102 valence electrons. The van der Waals surface area contributed by atoms with Gasteiger partial charge >= 0.3 is 11.9 Å². The summed E-state index contributed by atoms with van der Waals surface area (Å²) in [4.78, 5) is 22.7. The summed E-state index contributed by atoms with van der Waals surface area (Å²) < 4.78 is 5.28. The average Bonchev–Trinajstić information content (AvgIpc) is 2.60. The molecule has 4 heteroatoms. The van der Waals surface area contributed by atoms with Crippen molar-refractivity contribution < 1.29 is 19.4 Å². The molecule has 0 radical (unpaired) electrons. The number of rotatable bonds is 1. The quantitative estimate of drug-likeness (QED) is 0.448. The van der Waals surface area contributed by atoms with Gasteiger partial charge < -0.3 is 9.84 Å². The van der Waals surface area contributed by atoms with Crippen molar-refractivity contribution in [1.29, 1.82) is 0 Å². The van der Waals surface area contributed by atoms with Gasteiger partial charge in [0.25, 0.3) is 0 Å². The van der Waals surface area contributed by atoms with Crippen LogP contribution in [0, 0.1) is 5.92 Å². The van der Waals surface area contributed by atoms with Gasteiger partial charge in [0.05, 0.1) is 0 Å².